The normalized spacial score (nSPS) is 14.2. The maximum absolute atomic E-state index is 9.10. The van der Waals surface area contributed by atoms with Gasteiger partial charge in [0.05, 0.1) is 26.4 Å². The summed E-state index contributed by atoms with van der Waals surface area (Å²) in [6.45, 7) is 8.68. The highest BCUT2D eigenvalue weighted by molar-refractivity contribution is 9.10. The van der Waals surface area contributed by atoms with Gasteiger partial charge in [-0.1, -0.05) is 15.9 Å². The van der Waals surface area contributed by atoms with Crippen molar-refractivity contribution in [2.75, 3.05) is 52.7 Å². The molecule has 8 nitrogen and oxygen atoms in total. The number of hydrogen-bond acceptors (Lipinski definition) is 6. The molecule has 26 heavy (non-hydrogen) atoms. The van der Waals surface area contributed by atoms with Crippen LogP contribution in [0, 0.1) is 6.92 Å². The molecule has 1 saturated heterocycles. The third-order valence-electron chi connectivity index (χ3n) is 3.46. The van der Waals surface area contributed by atoms with Gasteiger partial charge >= 0.3 is 11.9 Å². The van der Waals surface area contributed by atoms with E-state index in [2.05, 4.69) is 26.9 Å². The molecule has 0 aliphatic carbocycles. The van der Waals surface area contributed by atoms with E-state index in [-0.39, 0.29) is 0 Å². The zero-order valence-electron chi connectivity index (χ0n) is 14.6. The molecule has 1 aromatic rings. The first-order valence-corrected chi connectivity index (χ1v) is 8.92. The minimum Gasteiger partial charge on any atom is -0.491 e. The molecule has 0 bridgehead atoms. The minimum absolute atomic E-state index is 0.589. The van der Waals surface area contributed by atoms with Crippen LogP contribution in [0.2, 0.25) is 0 Å². The summed E-state index contributed by atoms with van der Waals surface area (Å²) in [6.07, 6.45) is 0. The lowest BCUT2D eigenvalue weighted by molar-refractivity contribution is -0.159. The Labute approximate surface area is 160 Å². The number of carboxylic acids is 2. The molecule has 0 unspecified atom stereocenters. The summed E-state index contributed by atoms with van der Waals surface area (Å²) in [5, 5.41) is 14.8. The van der Waals surface area contributed by atoms with Gasteiger partial charge in [-0.25, -0.2) is 9.59 Å². The second kappa shape index (κ2) is 12.6. The molecule has 1 aliphatic rings. The molecular weight excluding hydrogens is 410 g/mol. The van der Waals surface area contributed by atoms with Crippen molar-refractivity contribution >= 4 is 27.9 Å². The molecular formula is C17H24BrNO7. The fourth-order valence-electron chi connectivity index (χ4n) is 2.11. The lowest BCUT2D eigenvalue weighted by Crippen LogP contribution is -2.38. The number of ether oxygens (including phenoxy) is 3. The van der Waals surface area contributed by atoms with Gasteiger partial charge < -0.3 is 24.4 Å². The maximum atomic E-state index is 9.10. The molecule has 0 radical (unpaired) electrons. The molecule has 0 amide bonds. The molecule has 0 saturated carbocycles. The van der Waals surface area contributed by atoms with Gasteiger partial charge in [0.15, 0.2) is 0 Å². The molecule has 0 atom stereocenters. The summed E-state index contributed by atoms with van der Waals surface area (Å²) in [5.74, 6) is -2.73. The Morgan fingerprint density at radius 1 is 1.15 bits per heavy atom. The third kappa shape index (κ3) is 9.71. The molecule has 146 valence electrons. The van der Waals surface area contributed by atoms with E-state index in [1.165, 1.54) is 0 Å². The summed E-state index contributed by atoms with van der Waals surface area (Å²) in [5.41, 5.74) is 1.13. The quantitative estimate of drug-likeness (QED) is 0.493. The summed E-state index contributed by atoms with van der Waals surface area (Å²) < 4.78 is 17.7. The van der Waals surface area contributed by atoms with Crippen molar-refractivity contribution in [1.29, 1.82) is 0 Å². The smallest absolute Gasteiger partial charge is 0.414 e. The van der Waals surface area contributed by atoms with E-state index in [0.717, 1.165) is 55.2 Å². The van der Waals surface area contributed by atoms with Gasteiger partial charge in [-0.3, -0.25) is 4.90 Å². The van der Waals surface area contributed by atoms with E-state index >= 15 is 0 Å². The van der Waals surface area contributed by atoms with Crippen molar-refractivity contribution in [3.63, 3.8) is 0 Å². The van der Waals surface area contributed by atoms with Gasteiger partial charge in [0, 0.05) is 24.1 Å². The van der Waals surface area contributed by atoms with E-state index in [0.29, 0.717) is 13.2 Å². The largest absolute Gasteiger partial charge is 0.491 e. The monoisotopic (exact) mass is 433 g/mol. The number of benzene rings is 1. The zero-order valence-corrected chi connectivity index (χ0v) is 16.2. The number of rotatable bonds is 7. The van der Waals surface area contributed by atoms with Crippen LogP contribution in [0.4, 0.5) is 0 Å². The second-order valence-corrected chi connectivity index (χ2v) is 6.35. The van der Waals surface area contributed by atoms with Crippen molar-refractivity contribution in [1.82, 2.24) is 4.90 Å². The lowest BCUT2D eigenvalue weighted by Gasteiger charge is -2.26. The Hall–Kier alpha value is -1.68. The van der Waals surface area contributed by atoms with Gasteiger partial charge in [-0.15, -0.1) is 0 Å². The predicted octanol–water partition coefficient (Wildman–Crippen LogP) is 1.64. The maximum Gasteiger partial charge on any atom is 0.414 e. The molecule has 2 N–H and O–H groups in total. The van der Waals surface area contributed by atoms with Crippen LogP contribution in [0.25, 0.3) is 0 Å². The number of aryl methyl sites for hydroxylation is 1. The van der Waals surface area contributed by atoms with Crippen molar-refractivity contribution < 1.29 is 34.0 Å². The molecule has 1 aliphatic heterocycles. The van der Waals surface area contributed by atoms with Gasteiger partial charge in [-0.2, -0.15) is 0 Å². The molecule has 1 fully saturated rings. The van der Waals surface area contributed by atoms with Crippen LogP contribution < -0.4 is 4.74 Å². The fraction of sp³-hybridized carbons (Fsp3) is 0.529. The number of halogens is 1. The highest BCUT2D eigenvalue weighted by Crippen LogP contribution is 2.21. The van der Waals surface area contributed by atoms with E-state index < -0.39 is 11.9 Å². The van der Waals surface area contributed by atoms with E-state index in [4.69, 9.17) is 34.0 Å². The number of morpholine rings is 1. The molecule has 2 rings (SSSR count). The number of carbonyl (C=O) groups is 2. The van der Waals surface area contributed by atoms with E-state index in [9.17, 15) is 0 Å². The number of carboxylic acid groups (broad SMARTS) is 2. The van der Waals surface area contributed by atoms with Crippen molar-refractivity contribution in [2.24, 2.45) is 0 Å². The van der Waals surface area contributed by atoms with E-state index in [1.54, 1.807) is 0 Å². The summed E-state index contributed by atoms with van der Waals surface area (Å²) >= 11 is 3.44. The summed E-state index contributed by atoms with van der Waals surface area (Å²) in [7, 11) is 0. The number of nitrogens with zero attached hydrogens (tertiary/aromatic N) is 1. The Kier molecular flexibility index (Phi) is 10.9. The highest BCUT2D eigenvalue weighted by Gasteiger charge is 2.09. The van der Waals surface area contributed by atoms with Gasteiger partial charge in [-0.05, 0) is 30.7 Å². The molecule has 1 heterocycles. The first-order valence-electron chi connectivity index (χ1n) is 8.13. The van der Waals surface area contributed by atoms with Crippen LogP contribution in [0.3, 0.4) is 0 Å². The van der Waals surface area contributed by atoms with Crippen LogP contribution in [0.15, 0.2) is 22.7 Å². The Morgan fingerprint density at radius 2 is 1.81 bits per heavy atom. The summed E-state index contributed by atoms with van der Waals surface area (Å²) in [6, 6.07) is 6.02. The van der Waals surface area contributed by atoms with Crippen LogP contribution in [-0.2, 0) is 19.1 Å². The van der Waals surface area contributed by atoms with Crippen molar-refractivity contribution in [2.45, 2.75) is 6.92 Å². The SMILES string of the molecule is Cc1cc(Br)ccc1OCCOCCN1CCOCC1.O=C(O)C(=O)O. The Bertz CT molecular complexity index is 564. The van der Waals surface area contributed by atoms with Gasteiger partial charge in [0.1, 0.15) is 12.4 Å². The Balaban J connectivity index is 0.000000487. The second-order valence-electron chi connectivity index (χ2n) is 5.43. The van der Waals surface area contributed by atoms with Crippen molar-refractivity contribution in [3.05, 3.63) is 28.2 Å². The molecule has 0 spiro atoms. The van der Waals surface area contributed by atoms with Crippen LogP contribution in [0.5, 0.6) is 5.75 Å². The lowest BCUT2D eigenvalue weighted by atomic mass is 10.2. The summed E-state index contributed by atoms with van der Waals surface area (Å²) in [4.78, 5) is 20.6. The Morgan fingerprint density at radius 3 is 2.38 bits per heavy atom. The van der Waals surface area contributed by atoms with Crippen LogP contribution in [0.1, 0.15) is 5.56 Å². The first kappa shape index (κ1) is 22.4. The van der Waals surface area contributed by atoms with E-state index in [1.807, 2.05) is 19.1 Å². The number of hydrogen-bond donors (Lipinski definition) is 2. The zero-order chi connectivity index (χ0) is 19.4. The number of aliphatic carboxylic acids is 2. The fourth-order valence-corrected chi connectivity index (χ4v) is 2.58. The molecule has 0 aromatic heterocycles. The average Bonchev–Trinajstić information content (AvgIpc) is 2.61. The molecule has 1 aromatic carbocycles. The van der Waals surface area contributed by atoms with Crippen LogP contribution in [-0.4, -0.2) is 79.7 Å². The van der Waals surface area contributed by atoms with Crippen LogP contribution >= 0.6 is 15.9 Å². The van der Waals surface area contributed by atoms with Gasteiger partial charge in [0.2, 0.25) is 0 Å². The molecule has 9 heteroatoms. The predicted molar refractivity (Wildman–Crippen MR) is 97.7 cm³/mol. The topological polar surface area (TPSA) is 106 Å². The standard InChI is InChI=1S/C15H22BrNO3.C2H2O4/c1-13-12-14(16)2-3-15(13)20-11-10-19-9-6-17-4-7-18-8-5-17;3-1(4)2(5)6/h2-3,12H,4-11H2,1H3;(H,3,4)(H,5,6). The average molecular weight is 434 g/mol. The first-order chi connectivity index (χ1) is 12.4. The van der Waals surface area contributed by atoms with Gasteiger partial charge in [0.25, 0.3) is 0 Å². The highest BCUT2D eigenvalue weighted by atomic mass is 79.9. The third-order valence-corrected chi connectivity index (χ3v) is 3.95. The minimum atomic E-state index is -1.82. The van der Waals surface area contributed by atoms with Crippen molar-refractivity contribution in [3.8, 4) is 5.75 Å².